The van der Waals surface area contributed by atoms with Crippen molar-refractivity contribution in [1.82, 2.24) is 14.5 Å². The van der Waals surface area contributed by atoms with E-state index in [-0.39, 0.29) is 43.1 Å². The average molecular weight is 636 g/mol. The summed E-state index contributed by atoms with van der Waals surface area (Å²) in [5.41, 5.74) is 4.29. The van der Waals surface area contributed by atoms with Crippen LogP contribution >= 0.6 is 0 Å². The Morgan fingerprint density at radius 2 is 1.56 bits per heavy atom. The molecular formula is C36H49N3O5S. The Bertz CT molecular complexity index is 1500. The zero-order chi connectivity index (χ0) is 32.6. The van der Waals surface area contributed by atoms with Crippen molar-refractivity contribution >= 4 is 15.9 Å². The maximum Gasteiger partial charge on any atom is 0.246 e. The van der Waals surface area contributed by atoms with Gasteiger partial charge in [0.25, 0.3) is 0 Å². The number of carbonyl (C=O) groups is 1. The molecule has 1 aliphatic rings. The van der Waals surface area contributed by atoms with Gasteiger partial charge in [0.15, 0.2) is 0 Å². The zero-order valence-corrected chi connectivity index (χ0v) is 28.4. The zero-order valence-electron chi connectivity index (χ0n) is 27.6. The second-order valence-corrected chi connectivity index (χ2v) is 14.2. The van der Waals surface area contributed by atoms with Crippen LogP contribution in [0.5, 0.6) is 5.75 Å². The van der Waals surface area contributed by atoms with E-state index in [0.717, 1.165) is 36.8 Å². The molecule has 4 rings (SSSR count). The minimum absolute atomic E-state index is 0.0983. The third-order valence-corrected chi connectivity index (χ3v) is 11.1. The van der Waals surface area contributed by atoms with Crippen LogP contribution in [-0.2, 0) is 26.1 Å². The maximum atomic E-state index is 14.1. The Labute approximate surface area is 269 Å². The van der Waals surface area contributed by atoms with Gasteiger partial charge in [0, 0.05) is 25.2 Å². The van der Waals surface area contributed by atoms with Crippen LogP contribution in [0.15, 0.2) is 71.6 Å². The number of nitrogens with zero attached hydrogens (tertiary/aromatic N) is 2. The molecule has 0 bridgehead atoms. The predicted octanol–water partition coefficient (Wildman–Crippen LogP) is 5.81. The molecule has 1 unspecified atom stereocenters. The molecule has 3 aromatic rings. The first-order valence-electron chi connectivity index (χ1n) is 15.8. The second-order valence-electron chi connectivity index (χ2n) is 12.3. The van der Waals surface area contributed by atoms with Crippen molar-refractivity contribution < 1.29 is 22.7 Å². The lowest BCUT2D eigenvalue weighted by Gasteiger charge is -2.37. The summed E-state index contributed by atoms with van der Waals surface area (Å²) in [6.07, 6.45) is 3.94. The van der Waals surface area contributed by atoms with Crippen LogP contribution in [-0.4, -0.2) is 70.5 Å². The number of nitrogens with one attached hydrogen (secondary N) is 1. The monoisotopic (exact) mass is 635 g/mol. The van der Waals surface area contributed by atoms with Gasteiger partial charge in [0.2, 0.25) is 15.9 Å². The van der Waals surface area contributed by atoms with E-state index in [2.05, 4.69) is 48.6 Å². The van der Waals surface area contributed by atoms with Gasteiger partial charge >= 0.3 is 0 Å². The molecule has 1 fully saturated rings. The van der Waals surface area contributed by atoms with Crippen molar-refractivity contribution in [1.29, 1.82) is 0 Å². The Morgan fingerprint density at radius 3 is 2.16 bits per heavy atom. The minimum Gasteiger partial charge on any atom is -0.496 e. The maximum absolute atomic E-state index is 14.1. The van der Waals surface area contributed by atoms with Crippen molar-refractivity contribution in [2.75, 3.05) is 41.0 Å². The standard InChI is InChI=1S/C36H49N3O5S/c1-26-23-33(43-6)27(2)28(3)36(26)45(41,42)39(24-29-13-9-7-10-14-29)21-22-44-25-34(40)37-32-19-17-31(18-20-32)35(38(4)5)30-15-11-8-12-16-30/h7-16,23,31-32,35H,17-22,24-25H2,1-6H3,(H,37,40). The molecule has 1 N–H and O–H groups in total. The van der Waals surface area contributed by atoms with E-state index in [1.165, 1.54) is 9.87 Å². The van der Waals surface area contributed by atoms with E-state index in [4.69, 9.17) is 9.47 Å². The summed E-state index contributed by atoms with van der Waals surface area (Å²) in [5, 5.41) is 3.14. The topological polar surface area (TPSA) is 88.2 Å². The van der Waals surface area contributed by atoms with Crippen LogP contribution in [0.2, 0.25) is 0 Å². The molecule has 1 amide bonds. The van der Waals surface area contributed by atoms with E-state index in [0.29, 0.717) is 28.8 Å². The number of benzene rings is 3. The Hall–Kier alpha value is -3.24. The number of aryl methyl sites for hydroxylation is 1. The normalized spacial score (nSPS) is 17.8. The number of rotatable bonds is 14. The molecule has 0 radical (unpaired) electrons. The summed E-state index contributed by atoms with van der Waals surface area (Å²) in [6, 6.07) is 22.4. The SMILES string of the molecule is COc1cc(C)c(S(=O)(=O)N(CCOCC(=O)NC2CCC(C(c3ccccc3)N(C)C)CC2)Cc2ccccc2)c(C)c1C. The molecule has 8 nitrogen and oxygen atoms in total. The van der Waals surface area contributed by atoms with Crippen molar-refractivity contribution in [3.8, 4) is 5.75 Å². The fourth-order valence-electron chi connectivity index (χ4n) is 6.65. The van der Waals surface area contributed by atoms with Crippen LogP contribution in [0.4, 0.5) is 0 Å². The van der Waals surface area contributed by atoms with E-state index >= 15 is 0 Å². The molecule has 1 aliphatic carbocycles. The predicted molar refractivity (Wildman–Crippen MR) is 179 cm³/mol. The smallest absolute Gasteiger partial charge is 0.246 e. The summed E-state index contributed by atoms with van der Waals surface area (Å²) < 4.78 is 40.8. The Balaban J connectivity index is 1.34. The largest absolute Gasteiger partial charge is 0.496 e. The quantitative estimate of drug-likeness (QED) is 0.225. The molecule has 3 aromatic carbocycles. The molecule has 1 atom stereocenters. The van der Waals surface area contributed by atoms with E-state index in [1.54, 1.807) is 20.1 Å². The van der Waals surface area contributed by atoms with Gasteiger partial charge in [0.05, 0.1) is 18.6 Å². The lowest BCUT2D eigenvalue weighted by atomic mass is 9.78. The van der Waals surface area contributed by atoms with Gasteiger partial charge < -0.3 is 19.7 Å². The van der Waals surface area contributed by atoms with Gasteiger partial charge in [0.1, 0.15) is 12.4 Å². The third-order valence-electron chi connectivity index (χ3n) is 9.00. The van der Waals surface area contributed by atoms with Gasteiger partial charge in [-0.05, 0) is 100 Å². The number of ether oxygens (including phenoxy) is 2. The Kier molecular flexibility index (Phi) is 12.2. The minimum atomic E-state index is -3.88. The second kappa shape index (κ2) is 15.9. The number of amides is 1. The van der Waals surface area contributed by atoms with Crippen LogP contribution < -0.4 is 10.1 Å². The summed E-state index contributed by atoms with van der Waals surface area (Å²) in [5.74, 6) is 1.03. The molecule has 0 aromatic heterocycles. The molecule has 0 heterocycles. The number of carbonyl (C=O) groups excluding carboxylic acids is 1. The van der Waals surface area contributed by atoms with E-state index < -0.39 is 10.0 Å². The molecule has 0 spiro atoms. The first kappa shape index (κ1) is 34.6. The lowest BCUT2D eigenvalue weighted by Crippen LogP contribution is -2.41. The highest BCUT2D eigenvalue weighted by atomic mass is 32.2. The van der Waals surface area contributed by atoms with Gasteiger partial charge in [-0.25, -0.2) is 8.42 Å². The summed E-state index contributed by atoms with van der Waals surface area (Å²) >= 11 is 0. The molecular weight excluding hydrogens is 586 g/mol. The van der Waals surface area contributed by atoms with Crippen LogP contribution in [0.25, 0.3) is 0 Å². The summed E-state index contributed by atoms with van der Waals surface area (Å²) in [4.78, 5) is 15.4. The first-order chi connectivity index (χ1) is 21.5. The molecule has 9 heteroatoms. The van der Waals surface area contributed by atoms with Crippen molar-refractivity contribution in [2.45, 2.75) is 70.0 Å². The van der Waals surface area contributed by atoms with E-state index in [9.17, 15) is 13.2 Å². The summed E-state index contributed by atoms with van der Waals surface area (Å²) in [7, 11) is 1.98. The lowest BCUT2D eigenvalue weighted by molar-refractivity contribution is -0.126. The number of hydrogen-bond donors (Lipinski definition) is 1. The fourth-order valence-corrected chi connectivity index (χ4v) is 8.55. The number of methoxy groups -OCH3 is 1. The molecule has 244 valence electrons. The molecule has 0 aliphatic heterocycles. The van der Waals surface area contributed by atoms with Crippen molar-refractivity contribution in [2.24, 2.45) is 5.92 Å². The van der Waals surface area contributed by atoms with Crippen LogP contribution in [0.1, 0.15) is 59.5 Å². The fraction of sp³-hybridized carbons (Fsp3) is 0.472. The Morgan fingerprint density at radius 1 is 0.933 bits per heavy atom. The summed E-state index contributed by atoms with van der Waals surface area (Å²) in [6.45, 7) is 5.78. The average Bonchev–Trinajstić information content (AvgIpc) is 3.02. The van der Waals surface area contributed by atoms with Crippen LogP contribution in [0.3, 0.4) is 0 Å². The van der Waals surface area contributed by atoms with Crippen LogP contribution in [0, 0.1) is 26.7 Å². The van der Waals surface area contributed by atoms with Gasteiger partial charge in [-0.1, -0.05) is 60.7 Å². The van der Waals surface area contributed by atoms with E-state index in [1.807, 2.05) is 50.2 Å². The highest BCUT2D eigenvalue weighted by Gasteiger charge is 2.31. The highest BCUT2D eigenvalue weighted by molar-refractivity contribution is 7.89. The van der Waals surface area contributed by atoms with Gasteiger partial charge in [-0.2, -0.15) is 4.31 Å². The molecule has 0 saturated heterocycles. The molecule has 45 heavy (non-hydrogen) atoms. The first-order valence-corrected chi connectivity index (χ1v) is 17.2. The van der Waals surface area contributed by atoms with Gasteiger partial charge in [-0.3, -0.25) is 4.79 Å². The number of hydrogen-bond acceptors (Lipinski definition) is 6. The third kappa shape index (κ3) is 8.73. The van der Waals surface area contributed by atoms with Crippen molar-refractivity contribution in [3.63, 3.8) is 0 Å². The van der Waals surface area contributed by atoms with Gasteiger partial charge in [-0.15, -0.1) is 0 Å². The number of sulfonamides is 1. The molecule has 1 saturated carbocycles. The van der Waals surface area contributed by atoms with Crippen molar-refractivity contribution in [3.05, 3.63) is 94.5 Å². The highest BCUT2D eigenvalue weighted by Crippen LogP contribution is 2.37.